The maximum Gasteiger partial charge on any atom is 0.240 e. The standard InChI is InChI=1S/C21H26N2O3S/c1-16-15-19(12-13-20(16)23-14-6-9-21(23)24)27(25,26)22-17(2)10-11-18-7-4-3-5-8-18/h3-5,7-8,12-13,15,17,22H,6,9-11,14H2,1-2H3/t17-/m0/s1. The molecule has 1 N–H and O–H groups in total. The highest BCUT2D eigenvalue weighted by Gasteiger charge is 2.24. The molecule has 1 heterocycles. The molecule has 1 saturated heterocycles. The first kappa shape index (κ1) is 19.6. The van der Waals surface area contributed by atoms with Crippen molar-refractivity contribution in [1.82, 2.24) is 4.72 Å². The van der Waals surface area contributed by atoms with Gasteiger partial charge in [-0.05, 0) is 62.4 Å². The van der Waals surface area contributed by atoms with E-state index < -0.39 is 10.0 Å². The van der Waals surface area contributed by atoms with Crippen molar-refractivity contribution in [3.8, 4) is 0 Å². The number of sulfonamides is 1. The average molecular weight is 387 g/mol. The summed E-state index contributed by atoms with van der Waals surface area (Å²) < 4.78 is 28.2. The predicted octanol–water partition coefficient (Wildman–Crippen LogP) is 3.42. The largest absolute Gasteiger partial charge is 0.312 e. The molecule has 6 heteroatoms. The van der Waals surface area contributed by atoms with E-state index in [1.54, 1.807) is 23.1 Å². The fourth-order valence-corrected chi connectivity index (χ4v) is 4.78. The summed E-state index contributed by atoms with van der Waals surface area (Å²) in [5.74, 6) is 0.0985. The first-order valence-corrected chi connectivity index (χ1v) is 10.8. The van der Waals surface area contributed by atoms with E-state index in [9.17, 15) is 13.2 Å². The minimum Gasteiger partial charge on any atom is -0.312 e. The van der Waals surface area contributed by atoms with E-state index in [1.807, 2.05) is 44.2 Å². The molecule has 0 saturated carbocycles. The van der Waals surface area contributed by atoms with Gasteiger partial charge in [-0.3, -0.25) is 4.79 Å². The molecular formula is C21H26N2O3S. The van der Waals surface area contributed by atoms with Crippen molar-refractivity contribution in [3.05, 3.63) is 59.7 Å². The Kier molecular flexibility index (Phi) is 5.97. The molecule has 2 aromatic carbocycles. The van der Waals surface area contributed by atoms with Crippen LogP contribution in [0.5, 0.6) is 0 Å². The van der Waals surface area contributed by atoms with E-state index in [0.717, 1.165) is 30.5 Å². The van der Waals surface area contributed by atoms with Gasteiger partial charge in [-0.15, -0.1) is 0 Å². The molecule has 2 aromatic rings. The van der Waals surface area contributed by atoms with Gasteiger partial charge >= 0.3 is 0 Å². The van der Waals surface area contributed by atoms with Crippen molar-refractivity contribution in [2.45, 2.75) is 50.5 Å². The number of benzene rings is 2. The SMILES string of the molecule is Cc1cc(S(=O)(=O)N[C@@H](C)CCc2ccccc2)ccc1N1CCCC1=O. The number of anilines is 1. The van der Waals surface area contributed by atoms with Crippen LogP contribution >= 0.6 is 0 Å². The second-order valence-electron chi connectivity index (χ2n) is 7.14. The van der Waals surface area contributed by atoms with E-state index in [-0.39, 0.29) is 16.8 Å². The third kappa shape index (κ3) is 4.76. The Balaban J connectivity index is 1.67. The molecule has 5 nitrogen and oxygen atoms in total. The molecule has 1 amide bonds. The summed E-state index contributed by atoms with van der Waals surface area (Å²) in [6, 6.07) is 14.8. The molecule has 144 valence electrons. The lowest BCUT2D eigenvalue weighted by Gasteiger charge is -2.20. The summed E-state index contributed by atoms with van der Waals surface area (Å²) in [7, 11) is -3.59. The van der Waals surface area contributed by atoms with Gasteiger partial charge in [-0.1, -0.05) is 30.3 Å². The third-order valence-corrected chi connectivity index (χ3v) is 6.50. The second-order valence-corrected chi connectivity index (χ2v) is 8.86. The highest BCUT2D eigenvalue weighted by atomic mass is 32.2. The number of carbonyl (C=O) groups excluding carboxylic acids is 1. The van der Waals surface area contributed by atoms with Gasteiger partial charge in [0, 0.05) is 24.7 Å². The van der Waals surface area contributed by atoms with Gasteiger partial charge in [0.25, 0.3) is 0 Å². The molecule has 27 heavy (non-hydrogen) atoms. The van der Waals surface area contributed by atoms with Crippen LogP contribution in [0.2, 0.25) is 0 Å². The van der Waals surface area contributed by atoms with Crippen molar-refractivity contribution in [2.75, 3.05) is 11.4 Å². The van der Waals surface area contributed by atoms with Crippen LogP contribution in [0.3, 0.4) is 0 Å². The quantitative estimate of drug-likeness (QED) is 0.793. The average Bonchev–Trinajstić information content (AvgIpc) is 3.06. The van der Waals surface area contributed by atoms with E-state index >= 15 is 0 Å². The minimum absolute atomic E-state index is 0.0985. The molecule has 0 aromatic heterocycles. The molecule has 1 aliphatic rings. The van der Waals surface area contributed by atoms with Crippen LogP contribution in [0.15, 0.2) is 53.4 Å². The first-order valence-electron chi connectivity index (χ1n) is 9.34. The topological polar surface area (TPSA) is 66.5 Å². The van der Waals surface area contributed by atoms with Gasteiger partial charge in [-0.25, -0.2) is 13.1 Å². The van der Waals surface area contributed by atoms with Gasteiger partial charge in [0.1, 0.15) is 0 Å². The van der Waals surface area contributed by atoms with E-state index in [4.69, 9.17) is 0 Å². The van der Waals surface area contributed by atoms with Gasteiger partial charge in [-0.2, -0.15) is 0 Å². The van der Waals surface area contributed by atoms with Crippen LogP contribution in [0.25, 0.3) is 0 Å². The zero-order valence-corrected chi connectivity index (χ0v) is 16.6. The van der Waals surface area contributed by atoms with E-state index in [2.05, 4.69) is 4.72 Å². The number of amides is 1. The predicted molar refractivity (Wildman–Crippen MR) is 107 cm³/mol. The molecule has 1 fully saturated rings. The summed E-state index contributed by atoms with van der Waals surface area (Å²) in [4.78, 5) is 13.9. The van der Waals surface area contributed by atoms with Crippen molar-refractivity contribution in [2.24, 2.45) is 0 Å². The molecular weight excluding hydrogens is 360 g/mol. The Labute approximate surface area is 161 Å². The van der Waals surface area contributed by atoms with Gasteiger partial charge in [0.05, 0.1) is 4.90 Å². The fraction of sp³-hybridized carbons (Fsp3) is 0.381. The first-order chi connectivity index (χ1) is 12.9. The van der Waals surface area contributed by atoms with Crippen molar-refractivity contribution in [3.63, 3.8) is 0 Å². The Morgan fingerprint density at radius 1 is 1.15 bits per heavy atom. The Bertz CT molecular complexity index is 910. The van der Waals surface area contributed by atoms with Crippen molar-refractivity contribution >= 4 is 21.6 Å². The number of nitrogens with zero attached hydrogens (tertiary/aromatic N) is 1. The van der Waals surface area contributed by atoms with Crippen molar-refractivity contribution in [1.29, 1.82) is 0 Å². The summed E-state index contributed by atoms with van der Waals surface area (Å²) in [6.07, 6.45) is 2.95. The summed E-state index contributed by atoms with van der Waals surface area (Å²) >= 11 is 0. The highest BCUT2D eigenvalue weighted by molar-refractivity contribution is 7.89. The molecule has 0 bridgehead atoms. The zero-order chi connectivity index (χ0) is 19.4. The number of hydrogen-bond acceptors (Lipinski definition) is 3. The molecule has 1 aliphatic heterocycles. The number of rotatable bonds is 7. The molecule has 0 aliphatic carbocycles. The molecule has 0 radical (unpaired) electrons. The molecule has 3 rings (SSSR count). The number of hydrogen-bond donors (Lipinski definition) is 1. The fourth-order valence-electron chi connectivity index (χ4n) is 3.42. The highest BCUT2D eigenvalue weighted by Crippen LogP contribution is 2.27. The number of aryl methyl sites for hydroxylation is 2. The number of carbonyl (C=O) groups is 1. The normalized spacial score (nSPS) is 15.9. The zero-order valence-electron chi connectivity index (χ0n) is 15.8. The molecule has 0 spiro atoms. The lowest BCUT2D eigenvalue weighted by atomic mass is 10.1. The van der Waals surface area contributed by atoms with Crippen molar-refractivity contribution < 1.29 is 13.2 Å². The van der Waals surface area contributed by atoms with E-state index in [0.29, 0.717) is 13.0 Å². The van der Waals surface area contributed by atoms with Crippen LogP contribution in [0, 0.1) is 6.92 Å². The second kappa shape index (κ2) is 8.23. The van der Waals surface area contributed by atoms with Crippen LogP contribution < -0.4 is 9.62 Å². The van der Waals surface area contributed by atoms with Crippen LogP contribution in [-0.2, 0) is 21.2 Å². The summed E-state index contributed by atoms with van der Waals surface area (Å²) in [6.45, 7) is 4.42. The summed E-state index contributed by atoms with van der Waals surface area (Å²) in [5.41, 5.74) is 2.79. The lowest BCUT2D eigenvalue weighted by molar-refractivity contribution is -0.117. The van der Waals surface area contributed by atoms with E-state index in [1.165, 1.54) is 5.56 Å². The molecule has 0 unspecified atom stereocenters. The van der Waals surface area contributed by atoms with Crippen LogP contribution in [0.4, 0.5) is 5.69 Å². The Morgan fingerprint density at radius 2 is 1.89 bits per heavy atom. The maximum atomic E-state index is 12.7. The summed E-state index contributed by atoms with van der Waals surface area (Å²) in [5, 5.41) is 0. The Morgan fingerprint density at radius 3 is 2.52 bits per heavy atom. The monoisotopic (exact) mass is 386 g/mol. The van der Waals surface area contributed by atoms with Gasteiger partial charge in [0.15, 0.2) is 0 Å². The van der Waals surface area contributed by atoms with Crippen LogP contribution in [0.1, 0.15) is 37.3 Å². The Hall–Kier alpha value is -2.18. The third-order valence-electron chi connectivity index (χ3n) is 4.91. The smallest absolute Gasteiger partial charge is 0.240 e. The maximum absolute atomic E-state index is 12.7. The molecule has 1 atom stereocenters. The van der Waals surface area contributed by atoms with Gasteiger partial charge < -0.3 is 4.90 Å². The van der Waals surface area contributed by atoms with Crippen LogP contribution in [-0.4, -0.2) is 26.9 Å². The lowest BCUT2D eigenvalue weighted by Crippen LogP contribution is -2.33. The van der Waals surface area contributed by atoms with Gasteiger partial charge in [0.2, 0.25) is 15.9 Å². The minimum atomic E-state index is -3.59. The number of nitrogens with one attached hydrogen (secondary N) is 1.